The van der Waals surface area contributed by atoms with E-state index in [-0.39, 0.29) is 4.90 Å². The molecule has 0 aromatic heterocycles. The zero-order valence-corrected chi connectivity index (χ0v) is 8.90. The first-order valence-electron chi connectivity index (χ1n) is 3.50. The molecule has 0 saturated heterocycles. The van der Waals surface area contributed by atoms with E-state index in [2.05, 4.69) is 3.23 Å². The van der Waals surface area contributed by atoms with Gasteiger partial charge in [-0.3, -0.25) is 0 Å². The van der Waals surface area contributed by atoms with Gasteiger partial charge >= 0.3 is 82.7 Å². The van der Waals surface area contributed by atoms with Gasteiger partial charge in [0.1, 0.15) is 0 Å². The third-order valence-electron chi connectivity index (χ3n) is 1.48. The molecular weight excluding hydrogens is 207 g/mol. The van der Waals surface area contributed by atoms with Crippen LogP contribution in [0.4, 0.5) is 0 Å². The summed E-state index contributed by atoms with van der Waals surface area (Å²) >= 11 is -1.74. The van der Waals surface area contributed by atoms with Crippen molar-refractivity contribution < 1.29 is 15.5 Å². The van der Waals surface area contributed by atoms with Gasteiger partial charge in [0.05, 0.1) is 0 Å². The Morgan fingerprint density at radius 3 is 2.23 bits per heavy atom. The first kappa shape index (κ1) is 10.4. The summed E-state index contributed by atoms with van der Waals surface area (Å²) in [6.45, 7) is 1.84. The zero-order chi connectivity index (χ0) is 9.90. The van der Waals surface area contributed by atoms with Gasteiger partial charge in [-0.2, -0.15) is 0 Å². The number of aryl methyl sites for hydroxylation is 1. The maximum absolute atomic E-state index is 11.1. The molecule has 1 aromatic carbocycles. The van der Waals surface area contributed by atoms with Crippen LogP contribution >= 0.6 is 0 Å². The Hall–Kier alpha value is -0.698. The first-order chi connectivity index (χ1) is 6.06. The van der Waals surface area contributed by atoms with Gasteiger partial charge in [0.2, 0.25) is 0 Å². The van der Waals surface area contributed by atoms with E-state index < -0.39 is 25.6 Å². The van der Waals surface area contributed by atoms with E-state index in [4.69, 9.17) is 0 Å². The van der Waals surface area contributed by atoms with Gasteiger partial charge in [-0.15, -0.1) is 0 Å². The average Bonchev–Trinajstić information content (AvgIpc) is 2.05. The molecule has 0 amide bonds. The van der Waals surface area contributed by atoms with Crippen LogP contribution in [0.3, 0.4) is 0 Å². The summed E-state index contributed by atoms with van der Waals surface area (Å²) in [6.07, 6.45) is 0. The summed E-state index contributed by atoms with van der Waals surface area (Å²) in [5.74, 6) is 0. The van der Waals surface area contributed by atoms with Crippen LogP contribution in [0.25, 0.3) is 0 Å². The Bertz CT molecular complexity index is 395. The summed E-state index contributed by atoms with van der Waals surface area (Å²) < 4.78 is 36.5. The van der Waals surface area contributed by atoms with Crippen LogP contribution in [0.1, 0.15) is 5.56 Å². The fraction of sp³-hybridized carbons (Fsp3) is 0.143. The van der Waals surface area contributed by atoms with Crippen LogP contribution in [-0.2, 0) is 17.2 Å². The van der Waals surface area contributed by atoms with Crippen LogP contribution in [0.2, 0.25) is 0 Å². The molecule has 0 unspecified atom stereocenters. The van der Waals surface area contributed by atoms with E-state index in [1.54, 1.807) is 12.1 Å². The Kier molecular flexibility index (Phi) is 3.20. The van der Waals surface area contributed by atoms with Crippen molar-refractivity contribution in [2.24, 2.45) is 0 Å². The summed E-state index contributed by atoms with van der Waals surface area (Å²) in [5.41, 5.74) is 0.952. The van der Waals surface area contributed by atoms with Crippen molar-refractivity contribution in [3.63, 3.8) is 0 Å². The predicted octanol–water partition coefficient (Wildman–Crippen LogP) is 0.665. The second-order valence-electron chi connectivity index (χ2n) is 2.46. The fourth-order valence-electron chi connectivity index (χ4n) is 0.812. The molecular formula is C7H7AlO4S. The first-order valence-corrected chi connectivity index (χ1v) is 5.85. The summed E-state index contributed by atoms with van der Waals surface area (Å²) in [7, 11) is -3.80. The molecule has 0 bridgehead atoms. The molecule has 0 radical (unpaired) electrons. The second kappa shape index (κ2) is 4.01. The molecule has 4 nitrogen and oxygen atoms in total. The van der Waals surface area contributed by atoms with E-state index in [9.17, 15) is 12.2 Å². The Morgan fingerprint density at radius 1 is 1.23 bits per heavy atom. The Morgan fingerprint density at radius 2 is 1.77 bits per heavy atom. The van der Waals surface area contributed by atoms with Crippen LogP contribution < -0.4 is 0 Å². The molecule has 0 saturated carbocycles. The van der Waals surface area contributed by atoms with Crippen molar-refractivity contribution in [2.45, 2.75) is 11.8 Å². The SMILES string of the molecule is Cc1ccc(S(=O)(=O)[O][Al]=[O])cc1. The molecule has 0 heterocycles. The summed E-state index contributed by atoms with van der Waals surface area (Å²) in [4.78, 5) is 0.0291. The molecule has 0 aliphatic rings. The number of hydrogen-bond donors (Lipinski definition) is 0. The molecule has 0 atom stereocenters. The molecule has 0 spiro atoms. The topological polar surface area (TPSA) is 60.4 Å². The molecule has 68 valence electrons. The fourth-order valence-corrected chi connectivity index (χ4v) is 2.14. The summed E-state index contributed by atoms with van der Waals surface area (Å²) in [6, 6.07) is 6.13. The standard InChI is InChI=1S/C7H8O3S.Al.O/c1-6-2-4-7(5-3-6)11(8,9)10;;/h2-5H,1H3,(H,8,9,10);;/q;+1;/p-1. The third-order valence-corrected chi connectivity index (χ3v) is 3.65. The zero-order valence-electron chi connectivity index (χ0n) is 6.93. The normalized spacial score (nSPS) is 10.5. The van der Waals surface area contributed by atoms with Crippen LogP contribution in [-0.4, -0.2) is 23.9 Å². The van der Waals surface area contributed by atoms with E-state index in [1.807, 2.05) is 6.92 Å². The number of benzene rings is 1. The number of rotatable bonds is 3. The van der Waals surface area contributed by atoms with Crippen LogP contribution in [0.5, 0.6) is 0 Å². The second-order valence-corrected chi connectivity index (χ2v) is 4.80. The van der Waals surface area contributed by atoms with Gasteiger partial charge in [0.25, 0.3) is 0 Å². The van der Waals surface area contributed by atoms with E-state index in [1.165, 1.54) is 12.1 Å². The minimum atomic E-state index is -3.80. The van der Waals surface area contributed by atoms with Crippen LogP contribution in [0, 0.1) is 6.92 Å². The van der Waals surface area contributed by atoms with Gasteiger partial charge in [-0.1, -0.05) is 0 Å². The van der Waals surface area contributed by atoms with Crippen molar-refractivity contribution in [1.82, 2.24) is 0 Å². The third kappa shape index (κ3) is 2.63. The van der Waals surface area contributed by atoms with Gasteiger partial charge < -0.3 is 0 Å². The average molecular weight is 214 g/mol. The molecule has 6 heteroatoms. The Balaban J connectivity index is 3.08. The van der Waals surface area contributed by atoms with E-state index in [0.29, 0.717) is 0 Å². The van der Waals surface area contributed by atoms with Crippen molar-refractivity contribution in [2.75, 3.05) is 0 Å². The van der Waals surface area contributed by atoms with Gasteiger partial charge in [-0.25, -0.2) is 0 Å². The molecule has 13 heavy (non-hydrogen) atoms. The van der Waals surface area contributed by atoms with Crippen molar-refractivity contribution >= 4 is 25.6 Å². The quantitative estimate of drug-likeness (QED) is 0.693. The van der Waals surface area contributed by atoms with Crippen molar-refractivity contribution in [3.05, 3.63) is 29.8 Å². The molecule has 0 aliphatic heterocycles. The number of hydrogen-bond acceptors (Lipinski definition) is 4. The van der Waals surface area contributed by atoms with Crippen LogP contribution in [0.15, 0.2) is 29.2 Å². The van der Waals surface area contributed by atoms with Gasteiger partial charge in [0, 0.05) is 0 Å². The van der Waals surface area contributed by atoms with E-state index >= 15 is 0 Å². The molecule has 0 N–H and O–H groups in total. The molecule has 1 rings (SSSR count). The molecule has 0 fully saturated rings. The van der Waals surface area contributed by atoms with Gasteiger partial charge in [-0.05, 0) is 0 Å². The molecule has 1 aromatic rings. The van der Waals surface area contributed by atoms with E-state index in [0.717, 1.165) is 5.56 Å². The molecule has 0 aliphatic carbocycles. The minimum absolute atomic E-state index is 0.0291. The monoisotopic (exact) mass is 214 g/mol. The van der Waals surface area contributed by atoms with Gasteiger partial charge in [0.15, 0.2) is 0 Å². The Labute approximate surface area is 82.9 Å². The van der Waals surface area contributed by atoms with Crippen molar-refractivity contribution in [3.8, 4) is 0 Å². The maximum atomic E-state index is 11.1. The van der Waals surface area contributed by atoms with Crippen molar-refractivity contribution in [1.29, 1.82) is 0 Å². The summed E-state index contributed by atoms with van der Waals surface area (Å²) in [5, 5.41) is 0. The predicted molar refractivity (Wildman–Crippen MR) is 45.9 cm³/mol.